The summed E-state index contributed by atoms with van der Waals surface area (Å²) in [5.74, 6) is 2.67. The van der Waals surface area contributed by atoms with Crippen molar-refractivity contribution in [2.24, 2.45) is 11.7 Å². The molecule has 5 amide bonds. The fourth-order valence-corrected chi connectivity index (χ4v) is 9.83. The Morgan fingerprint density at radius 2 is 1.59 bits per heavy atom. The fourth-order valence-electron chi connectivity index (χ4n) is 9.83. The highest BCUT2D eigenvalue weighted by molar-refractivity contribution is 6.23. The Labute approximate surface area is 390 Å². The summed E-state index contributed by atoms with van der Waals surface area (Å²) in [4.78, 5) is 84.2. The lowest BCUT2D eigenvalue weighted by Crippen LogP contribution is -2.55. The summed E-state index contributed by atoms with van der Waals surface area (Å²) in [6, 6.07) is 33.3. The van der Waals surface area contributed by atoms with Crippen molar-refractivity contribution in [1.29, 1.82) is 0 Å². The number of aromatic amines is 1. The first kappa shape index (κ1) is 45.1. The standard InChI is InChI=1S/C51H47N7O10/c1-65-26-27-67-50(64)57-39-22-21-31(12-11-23-53-49(52)63)28-36(39)51(48(57)62)41(46(60)54-30-40-55-37-19-8-9-20-38(37)56-40)43-47(61)68-44(33-15-6-3-7-16-33)42(32-13-4-2-5-14-32)58(43)45(51)34-17-10-18-35(29-34)66-25-24-59/h2-10,13-22,28-29,41-45,59H,23-27,30H2,1H3,(H,54,60)(H,55,56)(H3,52,53,63)/t41-,42-,43-,44+,45+,51-/m1/s1. The quantitative estimate of drug-likeness (QED) is 0.0603. The number of amides is 5. The van der Waals surface area contributed by atoms with E-state index in [9.17, 15) is 14.7 Å². The number of fused-ring (bicyclic) bond motifs is 4. The molecule has 346 valence electrons. The van der Waals surface area contributed by atoms with Gasteiger partial charge in [0.15, 0.2) is 0 Å². The van der Waals surface area contributed by atoms with Crippen molar-refractivity contribution < 1.29 is 48.0 Å². The van der Waals surface area contributed by atoms with E-state index in [1.807, 2.05) is 89.8 Å². The van der Waals surface area contributed by atoms with Gasteiger partial charge in [-0.1, -0.05) is 96.8 Å². The van der Waals surface area contributed by atoms with Crippen LogP contribution in [0.15, 0.2) is 127 Å². The summed E-state index contributed by atoms with van der Waals surface area (Å²) < 4.78 is 23.3. The second-order valence-corrected chi connectivity index (χ2v) is 16.3. The van der Waals surface area contributed by atoms with Crippen LogP contribution in [0.4, 0.5) is 15.3 Å². The van der Waals surface area contributed by atoms with Crippen LogP contribution in [0.25, 0.3) is 11.0 Å². The van der Waals surface area contributed by atoms with Crippen molar-refractivity contribution in [3.63, 3.8) is 0 Å². The number of urea groups is 1. The van der Waals surface area contributed by atoms with Gasteiger partial charge in [-0.25, -0.2) is 19.5 Å². The molecular weight excluding hydrogens is 871 g/mol. The van der Waals surface area contributed by atoms with E-state index in [0.717, 1.165) is 10.4 Å². The minimum Gasteiger partial charge on any atom is -0.491 e. The SMILES string of the molecule is COCCOC(=O)N1C(=O)[C@@]2(c3cc(C#CCNC(N)=O)ccc31)[C@H](c1cccc(OCCO)c1)N1[C@H](c3ccccc3)[C@H](c3ccccc3)OC(=O)[C@H]1[C@@H]2C(=O)NCc1nc2ccccc2[nH]1. The Balaban J connectivity index is 1.33. The van der Waals surface area contributed by atoms with E-state index in [1.54, 1.807) is 42.5 Å². The van der Waals surface area contributed by atoms with Crippen LogP contribution in [0.3, 0.4) is 0 Å². The number of aromatic nitrogens is 2. The van der Waals surface area contributed by atoms with Gasteiger partial charge in [0.2, 0.25) is 11.8 Å². The molecule has 6 N–H and O–H groups in total. The van der Waals surface area contributed by atoms with Crippen LogP contribution in [0.5, 0.6) is 5.75 Å². The van der Waals surface area contributed by atoms with Crippen LogP contribution in [0.1, 0.15) is 51.8 Å². The Morgan fingerprint density at radius 3 is 2.32 bits per heavy atom. The first-order valence-corrected chi connectivity index (χ1v) is 22.0. The zero-order valence-corrected chi connectivity index (χ0v) is 36.8. The number of H-pyrrole nitrogens is 1. The number of aliphatic hydroxyl groups excluding tert-OH is 1. The number of hydrogen-bond donors (Lipinski definition) is 5. The summed E-state index contributed by atoms with van der Waals surface area (Å²) in [6.07, 6.45) is -2.00. The van der Waals surface area contributed by atoms with E-state index in [4.69, 9.17) is 24.7 Å². The number of para-hydroxylation sites is 2. The topological polar surface area (TPSA) is 228 Å². The number of nitrogens with zero attached hydrogens (tertiary/aromatic N) is 3. The number of carbonyl (C=O) groups excluding carboxylic acids is 5. The third kappa shape index (κ3) is 8.25. The first-order valence-electron chi connectivity index (χ1n) is 22.0. The number of imide groups is 1. The molecule has 2 fully saturated rings. The lowest BCUT2D eigenvalue weighted by molar-refractivity contribution is -0.178. The molecule has 0 unspecified atom stereocenters. The normalized spacial score (nSPS) is 21.6. The maximum absolute atomic E-state index is 16.4. The van der Waals surface area contributed by atoms with Crippen LogP contribution >= 0.6 is 0 Å². The van der Waals surface area contributed by atoms with Crippen molar-refractivity contribution >= 4 is 46.6 Å². The number of anilines is 1. The zero-order chi connectivity index (χ0) is 47.4. The molecule has 0 bridgehead atoms. The Hall–Kier alpha value is -8.04. The van der Waals surface area contributed by atoms with Crippen LogP contribution in [-0.4, -0.2) is 96.0 Å². The average Bonchev–Trinajstić information content (AvgIpc) is 4.00. The number of cyclic esters (lactones) is 1. The first-order chi connectivity index (χ1) is 33.1. The molecular formula is C51H47N7O10. The number of ether oxygens (including phenoxy) is 4. The number of aliphatic hydroxyl groups is 1. The molecule has 17 nitrogen and oxygen atoms in total. The maximum atomic E-state index is 16.4. The molecule has 2 saturated heterocycles. The molecule has 17 heteroatoms. The smallest absolute Gasteiger partial charge is 0.421 e. The van der Waals surface area contributed by atoms with E-state index < -0.39 is 65.5 Å². The van der Waals surface area contributed by atoms with Gasteiger partial charge in [-0.2, -0.15) is 0 Å². The molecule has 0 radical (unpaired) electrons. The van der Waals surface area contributed by atoms with Crippen molar-refractivity contribution in [2.45, 2.75) is 36.2 Å². The van der Waals surface area contributed by atoms with Gasteiger partial charge in [0.1, 0.15) is 42.3 Å². The van der Waals surface area contributed by atoms with Crippen molar-refractivity contribution in [3.05, 3.63) is 161 Å². The summed E-state index contributed by atoms with van der Waals surface area (Å²) >= 11 is 0. The number of nitrogens with one attached hydrogen (secondary N) is 3. The van der Waals surface area contributed by atoms with Crippen molar-refractivity contribution in [2.75, 3.05) is 45.0 Å². The summed E-state index contributed by atoms with van der Waals surface area (Å²) in [7, 11) is 1.44. The second kappa shape index (κ2) is 19.4. The number of carbonyl (C=O) groups is 5. The van der Waals surface area contributed by atoms with Gasteiger partial charge in [-0.3, -0.25) is 19.3 Å². The predicted octanol–water partition coefficient (Wildman–Crippen LogP) is 4.72. The molecule has 6 atom stereocenters. The van der Waals surface area contributed by atoms with Crippen LogP contribution in [0, 0.1) is 17.8 Å². The number of imidazole rings is 1. The lowest BCUT2D eigenvalue weighted by atomic mass is 9.65. The molecule has 3 aliphatic rings. The number of hydrogen-bond acceptors (Lipinski definition) is 12. The zero-order valence-electron chi connectivity index (χ0n) is 36.8. The molecule has 1 spiro atoms. The average molecular weight is 918 g/mol. The lowest BCUT2D eigenvalue weighted by Gasteiger charge is -2.46. The monoisotopic (exact) mass is 917 g/mol. The predicted molar refractivity (Wildman–Crippen MR) is 247 cm³/mol. The third-order valence-electron chi connectivity index (χ3n) is 12.4. The summed E-state index contributed by atoms with van der Waals surface area (Å²) in [5, 5.41) is 15.2. The largest absolute Gasteiger partial charge is 0.491 e. The highest BCUT2D eigenvalue weighted by Crippen LogP contribution is 2.66. The molecule has 9 rings (SSSR count). The number of esters is 1. The molecule has 5 aromatic carbocycles. The fraction of sp³-hybridized carbons (Fsp3) is 0.255. The second-order valence-electron chi connectivity index (χ2n) is 16.3. The Morgan fingerprint density at radius 1 is 0.853 bits per heavy atom. The van der Waals surface area contributed by atoms with Crippen molar-refractivity contribution in [1.82, 2.24) is 25.5 Å². The number of methoxy groups -OCH3 is 1. The van der Waals surface area contributed by atoms with Crippen LogP contribution in [0.2, 0.25) is 0 Å². The summed E-state index contributed by atoms with van der Waals surface area (Å²) in [5.41, 5.74) is 7.02. The highest BCUT2D eigenvalue weighted by Gasteiger charge is 2.75. The van der Waals surface area contributed by atoms with E-state index in [0.29, 0.717) is 39.3 Å². The molecule has 3 aliphatic heterocycles. The van der Waals surface area contributed by atoms with Gasteiger partial charge < -0.3 is 45.4 Å². The Bertz CT molecular complexity index is 2900. The number of rotatable bonds is 13. The van der Waals surface area contributed by atoms with Gasteiger partial charge in [-0.05, 0) is 64.7 Å². The third-order valence-corrected chi connectivity index (χ3v) is 12.4. The molecule has 0 aliphatic carbocycles. The van der Waals surface area contributed by atoms with Gasteiger partial charge >= 0.3 is 18.1 Å². The Kier molecular flexibility index (Phi) is 12.9. The van der Waals surface area contributed by atoms with Gasteiger partial charge in [0, 0.05) is 12.7 Å². The molecule has 68 heavy (non-hydrogen) atoms. The van der Waals surface area contributed by atoms with E-state index >= 15 is 14.4 Å². The molecule has 4 heterocycles. The molecule has 0 saturated carbocycles. The van der Waals surface area contributed by atoms with Gasteiger partial charge in [0.25, 0.3) is 0 Å². The maximum Gasteiger partial charge on any atom is 0.421 e. The molecule has 1 aromatic heterocycles. The minimum absolute atomic E-state index is 0.0248. The van der Waals surface area contributed by atoms with E-state index in [-0.39, 0.29) is 50.8 Å². The van der Waals surface area contributed by atoms with Crippen LogP contribution < -0.4 is 26.0 Å². The van der Waals surface area contributed by atoms with Gasteiger partial charge in [-0.15, -0.1) is 0 Å². The van der Waals surface area contributed by atoms with Crippen molar-refractivity contribution in [3.8, 4) is 17.6 Å². The highest BCUT2D eigenvalue weighted by atomic mass is 16.6. The summed E-state index contributed by atoms with van der Waals surface area (Å²) in [6.45, 7) is -0.757. The number of primary amides is 1. The molecule has 6 aromatic rings. The number of benzene rings is 5. The number of nitrogens with two attached hydrogens (primary N) is 1. The van der Waals surface area contributed by atoms with E-state index in [2.05, 4.69) is 32.4 Å². The van der Waals surface area contributed by atoms with E-state index in [1.165, 1.54) is 7.11 Å². The van der Waals surface area contributed by atoms with Crippen LogP contribution in [-0.2, 0) is 40.6 Å². The van der Waals surface area contributed by atoms with Gasteiger partial charge in [0.05, 0.1) is 61.0 Å². The number of morpholine rings is 1. The minimum atomic E-state index is -2.13.